The molecule has 0 aromatic heterocycles. The number of carbonyl (C=O) groups is 2. The van der Waals surface area contributed by atoms with Crippen molar-refractivity contribution in [1.82, 2.24) is 5.32 Å². The molecule has 1 saturated heterocycles. The maximum atomic E-state index is 12.7. The summed E-state index contributed by atoms with van der Waals surface area (Å²) in [5.74, 6) is 0.736. The predicted molar refractivity (Wildman–Crippen MR) is 115 cm³/mol. The Morgan fingerprint density at radius 1 is 1.14 bits per heavy atom. The second kappa shape index (κ2) is 10.4. The van der Waals surface area contributed by atoms with Crippen LogP contribution in [0.1, 0.15) is 39.5 Å². The minimum Gasteiger partial charge on any atom is -0.348 e. The zero-order valence-corrected chi connectivity index (χ0v) is 18.4. The van der Waals surface area contributed by atoms with E-state index in [1.807, 2.05) is 25.1 Å². The molecule has 1 heterocycles. The number of halogens is 1. The van der Waals surface area contributed by atoms with Gasteiger partial charge in [-0.25, -0.2) is 0 Å². The number of piperazine rings is 1. The lowest BCUT2D eigenvalue weighted by molar-refractivity contribution is -1.01. The summed E-state index contributed by atoms with van der Waals surface area (Å²) in [5, 5.41) is 6.75. The number of nitrogens with one attached hydrogen (secondary N) is 4. The van der Waals surface area contributed by atoms with E-state index in [2.05, 4.69) is 17.6 Å². The van der Waals surface area contributed by atoms with Gasteiger partial charge < -0.3 is 20.4 Å². The lowest BCUT2D eigenvalue weighted by Crippen LogP contribution is -3.30. The standard InChI is InChI=1S/C22H33ClN4O2/c1-16-7-3-5-9-19(16)25-22(29)17(2)27-13-11-26(12-14-27)15-21(28)24-20-10-6-4-8-18(20)23/h4,6,8,10,16-17,19H,3,5,7,9,11-15H2,1-2H3,(H,24,28)(H,25,29)/p+2/t16-,17+,19-/m0/s1. The number of rotatable bonds is 6. The predicted octanol–water partition coefficient (Wildman–Crippen LogP) is 0.145. The normalized spacial score (nSPS) is 28.4. The number of benzene rings is 1. The summed E-state index contributed by atoms with van der Waals surface area (Å²) in [7, 11) is 0. The van der Waals surface area contributed by atoms with Crippen molar-refractivity contribution >= 4 is 29.1 Å². The highest BCUT2D eigenvalue weighted by Gasteiger charge is 2.33. The Morgan fingerprint density at radius 3 is 2.52 bits per heavy atom. The molecule has 0 radical (unpaired) electrons. The Kier molecular flexibility index (Phi) is 7.92. The van der Waals surface area contributed by atoms with E-state index in [1.165, 1.54) is 29.1 Å². The van der Waals surface area contributed by atoms with Crippen LogP contribution in [0.2, 0.25) is 5.02 Å². The third-order valence-corrected chi connectivity index (χ3v) is 6.93. The highest BCUT2D eigenvalue weighted by Crippen LogP contribution is 2.23. The number of para-hydroxylation sites is 1. The topological polar surface area (TPSA) is 67.1 Å². The van der Waals surface area contributed by atoms with Gasteiger partial charge in [0.1, 0.15) is 26.2 Å². The molecule has 7 heteroatoms. The fourth-order valence-corrected chi connectivity index (χ4v) is 4.73. The van der Waals surface area contributed by atoms with Crippen LogP contribution in [0.25, 0.3) is 0 Å². The Labute approximate surface area is 179 Å². The van der Waals surface area contributed by atoms with Crippen molar-refractivity contribution in [2.75, 3.05) is 38.0 Å². The lowest BCUT2D eigenvalue weighted by Gasteiger charge is -2.34. The van der Waals surface area contributed by atoms with Crippen LogP contribution in [0.4, 0.5) is 5.69 Å². The summed E-state index contributed by atoms with van der Waals surface area (Å²) < 4.78 is 0. The monoisotopic (exact) mass is 422 g/mol. The number of carbonyl (C=O) groups excluding carboxylic acids is 2. The van der Waals surface area contributed by atoms with Gasteiger partial charge in [-0.1, -0.05) is 43.5 Å². The van der Waals surface area contributed by atoms with E-state index in [0.717, 1.165) is 32.6 Å². The molecule has 2 amide bonds. The molecule has 1 aliphatic heterocycles. The Balaban J connectivity index is 1.41. The zero-order valence-electron chi connectivity index (χ0n) is 17.6. The van der Waals surface area contributed by atoms with Crippen LogP contribution >= 0.6 is 11.6 Å². The minimum atomic E-state index is -0.0392. The van der Waals surface area contributed by atoms with Crippen molar-refractivity contribution in [2.45, 2.75) is 51.6 Å². The number of anilines is 1. The number of quaternary nitrogens is 2. The first kappa shape index (κ1) is 22.1. The summed E-state index contributed by atoms with van der Waals surface area (Å²) >= 11 is 6.11. The molecule has 1 aromatic rings. The van der Waals surface area contributed by atoms with Gasteiger partial charge in [0.2, 0.25) is 0 Å². The van der Waals surface area contributed by atoms with Crippen LogP contribution in [0.3, 0.4) is 0 Å². The maximum absolute atomic E-state index is 12.7. The minimum absolute atomic E-state index is 0.0198. The van der Waals surface area contributed by atoms with Crippen LogP contribution in [0.5, 0.6) is 0 Å². The van der Waals surface area contributed by atoms with E-state index in [-0.39, 0.29) is 17.9 Å². The van der Waals surface area contributed by atoms with Gasteiger partial charge in [0.15, 0.2) is 12.6 Å². The van der Waals surface area contributed by atoms with Crippen LogP contribution in [-0.2, 0) is 9.59 Å². The van der Waals surface area contributed by atoms with E-state index in [0.29, 0.717) is 29.2 Å². The molecule has 3 rings (SSSR count). The first-order chi connectivity index (χ1) is 13.9. The van der Waals surface area contributed by atoms with Gasteiger partial charge in [-0.3, -0.25) is 9.59 Å². The largest absolute Gasteiger partial charge is 0.348 e. The van der Waals surface area contributed by atoms with Crippen molar-refractivity contribution in [3.8, 4) is 0 Å². The summed E-state index contributed by atoms with van der Waals surface area (Å²) in [6.45, 7) is 8.31. The van der Waals surface area contributed by atoms with Crippen LogP contribution in [-0.4, -0.2) is 56.6 Å². The fourth-order valence-electron chi connectivity index (χ4n) is 4.54. The summed E-state index contributed by atoms with van der Waals surface area (Å²) in [6.07, 6.45) is 4.82. The highest BCUT2D eigenvalue weighted by molar-refractivity contribution is 6.33. The molecular formula is C22H35ClN4O2+2. The van der Waals surface area contributed by atoms with Crippen molar-refractivity contribution in [1.29, 1.82) is 0 Å². The van der Waals surface area contributed by atoms with Gasteiger partial charge in [0, 0.05) is 6.04 Å². The molecule has 1 aliphatic carbocycles. The van der Waals surface area contributed by atoms with Gasteiger partial charge in [0.25, 0.3) is 11.8 Å². The lowest BCUT2D eigenvalue weighted by atomic mass is 9.86. The smallest absolute Gasteiger partial charge is 0.279 e. The molecule has 6 nitrogen and oxygen atoms in total. The van der Waals surface area contributed by atoms with Gasteiger partial charge in [-0.15, -0.1) is 0 Å². The maximum Gasteiger partial charge on any atom is 0.279 e. The van der Waals surface area contributed by atoms with Gasteiger partial charge in [0.05, 0.1) is 10.7 Å². The summed E-state index contributed by atoms with van der Waals surface area (Å²) in [6, 6.07) is 7.58. The fraction of sp³-hybridized carbons (Fsp3) is 0.636. The van der Waals surface area contributed by atoms with E-state index in [1.54, 1.807) is 6.07 Å². The van der Waals surface area contributed by atoms with E-state index in [9.17, 15) is 9.59 Å². The molecule has 4 N–H and O–H groups in total. The molecule has 1 saturated carbocycles. The first-order valence-corrected chi connectivity index (χ1v) is 11.3. The third-order valence-electron chi connectivity index (χ3n) is 6.60. The molecule has 2 fully saturated rings. The van der Waals surface area contributed by atoms with Crippen molar-refractivity contribution < 1.29 is 19.4 Å². The van der Waals surface area contributed by atoms with Crippen molar-refractivity contribution in [2.24, 2.45) is 5.92 Å². The Morgan fingerprint density at radius 2 is 1.83 bits per heavy atom. The van der Waals surface area contributed by atoms with E-state index >= 15 is 0 Å². The Bertz CT molecular complexity index is 706. The second-order valence-electron chi connectivity index (χ2n) is 8.71. The summed E-state index contributed by atoms with van der Waals surface area (Å²) in [5.41, 5.74) is 0.657. The number of hydrogen-bond acceptors (Lipinski definition) is 2. The zero-order chi connectivity index (χ0) is 20.8. The van der Waals surface area contributed by atoms with Gasteiger partial charge in [-0.2, -0.15) is 0 Å². The number of hydrogen-bond donors (Lipinski definition) is 4. The molecule has 3 atom stereocenters. The molecule has 29 heavy (non-hydrogen) atoms. The quantitative estimate of drug-likeness (QED) is 0.527. The molecule has 160 valence electrons. The average Bonchev–Trinajstić information content (AvgIpc) is 2.71. The molecule has 0 spiro atoms. The van der Waals surface area contributed by atoms with Crippen LogP contribution < -0.4 is 20.4 Å². The third kappa shape index (κ3) is 6.17. The van der Waals surface area contributed by atoms with Crippen LogP contribution in [0, 0.1) is 5.92 Å². The van der Waals surface area contributed by atoms with Crippen LogP contribution in [0.15, 0.2) is 24.3 Å². The van der Waals surface area contributed by atoms with E-state index < -0.39 is 0 Å². The number of amides is 2. The summed E-state index contributed by atoms with van der Waals surface area (Å²) in [4.78, 5) is 27.7. The average molecular weight is 423 g/mol. The van der Waals surface area contributed by atoms with Gasteiger partial charge in [-0.05, 0) is 37.8 Å². The second-order valence-corrected chi connectivity index (χ2v) is 9.12. The molecular weight excluding hydrogens is 388 g/mol. The van der Waals surface area contributed by atoms with Gasteiger partial charge >= 0.3 is 0 Å². The van der Waals surface area contributed by atoms with Crippen molar-refractivity contribution in [3.63, 3.8) is 0 Å². The molecule has 0 unspecified atom stereocenters. The SMILES string of the molecule is C[C@H](C(=O)N[C@H]1CCCC[C@@H]1C)[NH+]1CC[NH+](CC(=O)Nc2ccccc2Cl)CC1. The molecule has 0 bridgehead atoms. The van der Waals surface area contributed by atoms with Crippen molar-refractivity contribution in [3.05, 3.63) is 29.3 Å². The first-order valence-electron chi connectivity index (χ1n) is 11.0. The molecule has 1 aromatic carbocycles. The van der Waals surface area contributed by atoms with E-state index in [4.69, 9.17) is 11.6 Å². The molecule has 2 aliphatic rings. The Hall–Kier alpha value is -1.63. The highest BCUT2D eigenvalue weighted by atomic mass is 35.5.